The number of benzene rings is 1. The molecule has 0 spiro atoms. The smallest absolute Gasteiger partial charge is 0.270 e. The molecule has 1 aliphatic rings. The van der Waals surface area contributed by atoms with Gasteiger partial charge in [0.05, 0.1) is 25.3 Å². The van der Waals surface area contributed by atoms with Gasteiger partial charge in [0.2, 0.25) is 0 Å². The lowest BCUT2D eigenvalue weighted by Gasteiger charge is -2.38. The number of rotatable bonds is 1. The molecule has 3 rings (SSSR count). The van der Waals surface area contributed by atoms with E-state index < -0.39 is 0 Å². The fraction of sp³-hybridized carbons (Fsp3) is 0.400. The summed E-state index contributed by atoms with van der Waals surface area (Å²) < 4.78 is 5.47. The zero-order chi connectivity index (χ0) is 13.4. The second kappa shape index (κ2) is 4.70. The zero-order valence-corrected chi connectivity index (χ0v) is 11.2. The van der Waals surface area contributed by atoms with E-state index in [2.05, 4.69) is 4.98 Å². The highest BCUT2D eigenvalue weighted by Crippen LogP contribution is 2.20. The van der Waals surface area contributed by atoms with Gasteiger partial charge in [-0.3, -0.25) is 4.79 Å². The molecule has 1 saturated heterocycles. The van der Waals surface area contributed by atoms with E-state index in [4.69, 9.17) is 4.74 Å². The van der Waals surface area contributed by atoms with E-state index in [1.54, 1.807) is 0 Å². The molecule has 1 N–H and O–H groups in total. The SMILES string of the molecule is C[C@@H]1COC[C@H](C)N1C(=O)c1cc2ccccc2[nH]1. The standard InChI is InChI=1S/C15H18N2O2/c1-10-8-19-9-11(2)17(10)15(18)14-7-12-5-3-4-6-13(12)16-14/h3-7,10-11,16H,8-9H2,1-2H3/t10-,11+. The predicted molar refractivity (Wildman–Crippen MR) is 74.2 cm³/mol. The first-order valence-electron chi connectivity index (χ1n) is 6.65. The minimum absolute atomic E-state index is 0.0551. The van der Waals surface area contributed by atoms with Gasteiger partial charge in [-0.15, -0.1) is 0 Å². The van der Waals surface area contributed by atoms with Crippen molar-refractivity contribution < 1.29 is 9.53 Å². The van der Waals surface area contributed by atoms with E-state index >= 15 is 0 Å². The Hall–Kier alpha value is -1.81. The molecule has 0 saturated carbocycles. The molecule has 2 aromatic rings. The number of para-hydroxylation sites is 1. The first-order chi connectivity index (χ1) is 9.16. The number of aromatic nitrogens is 1. The Morgan fingerprint density at radius 3 is 2.63 bits per heavy atom. The summed E-state index contributed by atoms with van der Waals surface area (Å²) in [5.74, 6) is 0.0551. The molecule has 1 aromatic carbocycles. The predicted octanol–water partition coefficient (Wildman–Crippen LogP) is 2.42. The van der Waals surface area contributed by atoms with Gasteiger partial charge in [0, 0.05) is 10.9 Å². The van der Waals surface area contributed by atoms with Crippen molar-refractivity contribution in [2.24, 2.45) is 0 Å². The minimum atomic E-state index is 0.0551. The number of nitrogens with one attached hydrogen (secondary N) is 1. The van der Waals surface area contributed by atoms with Crippen molar-refractivity contribution in [3.8, 4) is 0 Å². The summed E-state index contributed by atoms with van der Waals surface area (Å²) in [4.78, 5) is 17.7. The van der Waals surface area contributed by atoms with Gasteiger partial charge >= 0.3 is 0 Å². The average Bonchev–Trinajstić information content (AvgIpc) is 2.82. The number of nitrogens with zero attached hydrogens (tertiary/aromatic N) is 1. The van der Waals surface area contributed by atoms with Crippen molar-refractivity contribution in [3.63, 3.8) is 0 Å². The Kier molecular flexibility index (Phi) is 3.03. The lowest BCUT2D eigenvalue weighted by atomic mass is 10.1. The Morgan fingerprint density at radius 1 is 1.26 bits per heavy atom. The number of fused-ring (bicyclic) bond motifs is 1. The molecule has 100 valence electrons. The third-order valence-corrected chi connectivity index (χ3v) is 3.66. The van der Waals surface area contributed by atoms with Crippen LogP contribution in [0.1, 0.15) is 24.3 Å². The van der Waals surface area contributed by atoms with Gasteiger partial charge in [-0.1, -0.05) is 18.2 Å². The summed E-state index contributed by atoms with van der Waals surface area (Å²) in [6, 6.07) is 10.1. The van der Waals surface area contributed by atoms with Crippen LogP contribution >= 0.6 is 0 Å². The van der Waals surface area contributed by atoms with E-state index in [0.29, 0.717) is 18.9 Å². The summed E-state index contributed by atoms with van der Waals surface area (Å²) in [5.41, 5.74) is 1.65. The van der Waals surface area contributed by atoms with Crippen molar-refractivity contribution in [2.45, 2.75) is 25.9 Å². The average molecular weight is 258 g/mol. The van der Waals surface area contributed by atoms with Gasteiger partial charge in [-0.25, -0.2) is 0 Å². The van der Waals surface area contributed by atoms with Crippen LogP contribution < -0.4 is 0 Å². The maximum Gasteiger partial charge on any atom is 0.270 e. The highest BCUT2D eigenvalue weighted by Gasteiger charge is 2.30. The first kappa shape index (κ1) is 12.2. The largest absolute Gasteiger partial charge is 0.377 e. The normalized spacial score (nSPS) is 23.8. The molecule has 1 aromatic heterocycles. The van der Waals surface area contributed by atoms with Crippen molar-refractivity contribution >= 4 is 16.8 Å². The van der Waals surface area contributed by atoms with Crippen LogP contribution in [0.5, 0.6) is 0 Å². The number of carbonyl (C=O) groups is 1. The zero-order valence-electron chi connectivity index (χ0n) is 11.2. The summed E-state index contributed by atoms with van der Waals surface area (Å²) in [7, 11) is 0. The lowest BCUT2D eigenvalue weighted by molar-refractivity contribution is -0.0251. The van der Waals surface area contributed by atoms with E-state index in [9.17, 15) is 4.79 Å². The number of carbonyl (C=O) groups excluding carboxylic acids is 1. The Labute approximate surface area is 112 Å². The van der Waals surface area contributed by atoms with Gasteiger partial charge in [-0.05, 0) is 26.0 Å². The second-order valence-electron chi connectivity index (χ2n) is 5.22. The molecule has 0 unspecified atom stereocenters. The van der Waals surface area contributed by atoms with Crippen LogP contribution in [0.2, 0.25) is 0 Å². The van der Waals surface area contributed by atoms with E-state index in [-0.39, 0.29) is 18.0 Å². The van der Waals surface area contributed by atoms with E-state index in [1.807, 2.05) is 49.1 Å². The molecule has 0 radical (unpaired) electrons. The molecule has 4 nitrogen and oxygen atoms in total. The van der Waals surface area contributed by atoms with Crippen LogP contribution in [0.4, 0.5) is 0 Å². The quantitative estimate of drug-likeness (QED) is 0.853. The number of amides is 1. The number of morpholine rings is 1. The molecule has 19 heavy (non-hydrogen) atoms. The van der Waals surface area contributed by atoms with Crippen LogP contribution in [0.25, 0.3) is 10.9 Å². The lowest BCUT2D eigenvalue weighted by Crippen LogP contribution is -2.52. The van der Waals surface area contributed by atoms with Crippen molar-refractivity contribution in [1.82, 2.24) is 9.88 Å². The Balaban J connectivity index is 1.94. The third-order valence-electron chi connectivity index (χ3n) is 3.66. The van der Waals surface area contributed by atoms with Gasteiger partial charge in [0.1, 0.15) is 5.69 Å². The molecule has 2 heterocycles. The molecule has 1 fully saturated rings. The van der Waals surface area contributed by atoms with Crippen LogP contribution in [0, 0.1) is 0 Å². The number of ether oxygens (including phenoxy) is 1. The highest BCUT2D eigenvalue weighted by molar-refractivity contribution is 5.98. The molecule has 0 aliphatic carbocycles. The van der Waals surface area contributed by atoms with Crippen molar-refractivity contribution in [1.29, 1.82) is 0 Å². The second-order valence-corrected chi connectivity index (χ2v) is 5.22. The molecule has 1 aliphatic heterocycles. The van der Waals surface area contributed by atoms with E-state index in [1.165, 1.54) is 0 Å². The van der Waals surface area contributed by atoms with Crippen LogP contribution in [0.15, 0.2) is 30.3 Å². The fourth-order valence-electron chi connectivity index (χ4n) is 2.73. The van der Waals surface area contributed by atoms with Crippen molar-refractivity contribution in [3.05, 3.63) is 36.0 Å². The summed E-state index contributed by atoms with van der Waals surface area (Å²) in [5, 5.41) is 1.07. The van der Waals surface area contributed by atoms with Crippen LogP contribution in [-0.4, -0.2) is 41.1 Å². The maximum absolute atomic E-state index is 12.6. The number of hydrogen-bond donors (Lipinski definition) is 1. The molecule has 4 heteroatoms. The molecule has 2 atom stereocenters. The maximum atomic E-state index is 12.6. The minimum Gasteiger partial charge on any atom is -0.377 e. The molecule has 0 bridgehead atoms. The summed E-state index contributed by atoms with van der Waals surface area (Å²) in [6.07, 6.45) is 0. The Morgan fingerprint density at radius 2 is 1.95 bits per heavy atom. The topological polar surface area (TPSA) is 45.3 Å². The van der Waals surface area contributed by atoms with E-state index in [0.717, 1.165) is 10.9 Å². The molecule has 1 amide bonds. The van der Waals surface area contributed by atoms with Gasteiger partial charge < -0.3 is 14.6 Å². The monoisotopic (exact) mass is 258 g/mol. The molecular formula is C15H18N2O2. The van der Waals surface area contributed by atoms with Gasteiger partial charge in [0.15, 0.2) is 0 Å². The molecular weight excluding hydrogens is 240 g/mol. The summed E-state index contributed by atoms with van der Waals surface area (Å²) in [6.45, 7) is 5.26. The summed E-state index contributed by atoms with van der Waals surface area (Å²) >= 11 is 0. The number of hydrogen-bond acceptors (Lipinski definition) is 2. The number of H-pyrrole nitrogens is 1. The van der Waals surface area contributed by atoms with Gasteiger partial charge in [-0.2, -0.15) is 0 Å². The fourth-order valence-corrected chi connectivity index (χ4v) is 2.73. The number of aromatic amines is 1. The first-order valence-corrected chi connectivity index (χ1v) is 6.65. The van der Waals surface area contributed by atoms with Crippen molar-refractivity contribution in [2.75, 3.05) is 13.2 Å². The van der Waals surface area contributed by atoms with Crippen LogP contribution in [-0.2, 0) is 4.74 Å². The van der Waals surface area contributed by atoms with Gasteiger partial charge in [0.25, 0.3) is 5.91 Å². The van der Waals surface area contributed by atoms with Crippen LogP contribution in [0.3, 0.4) is 0 Å². The third kappa shape index (κ3) is 2.12. The highest BCUT2D eigenvalue weighted by atomic mass is 16.5. The Bertz CT molecular complexity index is 562.